The van der Waals surface area contributed by atoms with Crippen molar-refractivity contribution in [2.24, 2.45) is 0 Å². The third-order valence-electron chi connectivity index (χ3n) is 5.01. The van der Waals surface area contributed by atoms with E-state index in [1.807, 2.05) is 6.08 Å². The van der Waals surface area contributed by atoms with Gasteiger partial charge in [0.1, 0.15) is 11.3 Å². The summed E-state index contributed by atoms with van der Waals surface area (Å²) in [6.07, 6.45) is 6.65. The van der Waals surface area contributed by atoms with Crippen LogP contribution in [0.3, 0.4) is 0 Å². The molecule has 1 heterocycles. The van der Waals surface area contributed by atoms with E-state index in [0.717, 1.165) is 34.3 Å². The lowest BCUT2D eigenvalue weighted by atomic mass is 9.99. The van der Waals surface area contributed by atoms with Gasteiger partial charge >= 0.3 is 0 Å². The van der Waals surface area contributed by atoms with Crippen LogP contribution in [0.4, 0.5) is 0 Å². The zero-order chi connectivity index (χ0) is 19.5. The van der Waals surface area contributed by atoms with Gasteiger partial charge in [0.15, 0.2) is 0 Å². The molecule has 0 aliphatic rings. The molecule has 0 saturated carbocycles. The van der Waals surface area contributed by atoms with Crippen LogP contribution in [0.2, 0.25) is 0 Å². The normalized spacial score (nSPS) is 11.4. The van der Waals surface area contributed by atoms with Gasteiger partial charge in [-0.3, -0.25) is 0 Å². The summed E-state index contributed by atoms with van der Waals surface area (Å²) < 4.78 is 6.48. The molecule has 28 heavy (non-hydrogen) atoms. The monoisotopic (exact) mass is 364 g/mol. The third-order valence-corrected chi connectivity index (χ3v) is 5.01. The number of rotatable bonds is 5. The highest BCUT2D eigenvalue weighted by Crippen LogP contribution is 2.36. The van der Waals surface area contributed by atoms with Crippen molar-refractivity contribution in [2.45, 2.75) is 20.3 Å². The Kier molecular flexibility index (Phi) is 4.99. The van der Waals surface area contributed by atoms with Crippen molar-refractivity contribution in [1.29, 1.82) is 0 Å². The molecular formula is C27H24O. The number of benzene rings is 3. The quantitative estimate of drug-likeness (QED) is 0.334. The van der Waals surface area contributed by atoms with E-state index in [0.29, 0.717) is 0 Å². The first kappa shape index (κ1) is 18.1. The van der Waals surface area contributed by atoms with Crippen molar-refractivity contribution < 1.29 is 4.42 Å². The lowest BCUT2D eigenvalue weighted by Gasteiger charge is -2.04. The van der Waals surface area contributed by atoms with E-state index in [9.17, 15) is 0 Å². The maximum absolute atomic E-state index is 6.48. The molecule has 0 saturated heterocycles. The molecule has 1 nitrogen and oxygen atoms in total. The van der Waals surface area contributed by atoms with Gasteiger partial charge in [0, 0.05) is 22.9 Å². The molecule has 0 N–H and O–H groups in total. The molecule has 1 aromatic heterocycles. The fourth-order valence-corrected chi connectivity index (χ4v) is 3.71. The average Bonchev–Trinajstić information content (AvgIpc) is 3.03. The summed E-state index contributed by atoms with van der Waals surface area (Å²) in [6.45, 7) is 8.06. The lowest BCUT2D eigenvalue weighted by Crippen LogP contribution is -1.89. The zero-order valence-electron chi connectivity index (χ0n) is 16.4. The van der Waals surface area contributed by atoms with Crippen molar-refractivity contribution in [2.75, 3.05) is 0 Å². The van der Waals surface area contributed by atoms with Gasteiger partial charge in [-0.2, -0.15) is 0 Å². The molecule has 0 spiro atoms. The SMILES string of the molecule is C=C/C=C\c1c(Cc2cccc(C)c2)oc2c(-c3cccc(C)c3)cccc12. The van der Waals surface area contributed by atoms with Crippen LogP contribution in [0.25, 0.3) is 28.2 Å². The second-order valence-electron chi connectivity index (χ2n) is 7.25. The molecule has 1 heteroatoms. The Labute approximate surface area is 166 Å². The highest BCUT2D eigenvalue weighted by atomic mass is 16.3. The molecular weight excluding hydrogens is 340 g/mol. The average molecular weight is 364 g/mol. The topological polar surface area (TPSA) is 13.1 Å². The van der Waals surface area contributed by atoms with Gasteiger partial charge in [-0.1, -0.05) is 103 Å². The lowest BCUT2D eigenvalue weighted by molar-refractivity contribution is 0.562. The van der Waals surface area contributed by atoms with E-state index in [2.05, 4.69) is 93.2 Å². The van der Waals surface area contributed by atoms with Gasteiger partial charge in [-0.05, 0) is 25.0 Å². The van der Waals surface area contributed by atoms with Gasteiger partial charge < -0.3 is 4.42 Å². The maximum Gasteiger partial charge on any atom is 0.142 e. The number of hydrogen-bond donors (Lipinski definition) is 0. The van der Waals surface area contributed by atoms with Crippen molar-refractivity contribution in [3.63, 3.8) is 0 Å². The summed E-state index contributed by atoms with van der Waals surface area (Å²) in [4.78, 5) is 0. The van der Waals surface area contributed by atoms with E-state index in [4.69, 9.17) is 4.42 Å². The molecule has 0 fully saturated rings. The summed E-state index contributed by atoms with van der Waals surface area (Å²) in [7, 11) is 0. The Bertz CT molecular complexity index is 1170. The highest BCUT2D eigenvalue weighted by molar-refractivity contribution is 5.98. The molecule has 4 rings (SSSR count). The second kappa shape index (κ2) is 7.74. The predicted octanol–water partition coefficient (Wildman–Crippen LogP) is 7.51. The first-order valence-electron chi connectivity index (χ1n) is 9.62. The van der Waals surface area contributed by atoms with E-state index < -0.39 is 0 Å². The Morgan fingerprint density at radius 1 is 0.893 bits per heavy atom. The summed E-state index contributed by atoms with van der Waals surface area (Å²) in [5.41, 5.74) is 8.14. The minimum atomic E-state index is 0.764. The summed E-state index contributed by atoms with van der Waals surface area (Å²) in [5, 5.41) is 1.14. The van der Waals surface area contributed by atoms with Crippen molar-refractivity contribution in [1.82, 2.24) is 0 Å². The minimum Gasteiger partial charge on any atom is -0.459 e. The second-order valence-corrected chi connectivity index (χ2v) is 7.25. The number of fused-ring (bicyclic) bond motifs is 1. The third kappa shape index (κ3) is 3.57. The molecule has 138 valence electrons. The predicted molar refractivity (Wildman–Crippen MR) is 120 cm³/mol. The van der Waals surface area contributed by atoms with Gasteiger partial charge in [-0.25, -0.2) is 0 Å². The molecule has 0 unspecified atom stereocenters. The van der Waals surface area contributed by atoms with Crippen LogP contribution < -0.4 is 0 Å². The standard InChI is InChI=1S/C27H24O/c1-4-5-13-24-25-15-8-14-23(22-12-7-10-20(3)17-22)27(25)28-26(24)18-21-11-6-9-19(2)16-21/h4-17H,1,18H2,2-3H3/b13-5-. The van der Waals surface area contributed by atoms with Crippen LogP contribution >= 0.6 is 0 Å². The Morgan fingerprint density at radius 3 is 2.39 bits per heavy atom. The highest BCUT2D eigenvalue weighted by Gasteiger charge is 2.16. The molecule has 0 amide bonds. The molecule has 3 aromatic carbocycles. The van der Waals surface area contributed by atoms with Crippen LogP contribution in [0.1, 0.15) is 28.0 Å². The summed E-state index contributed by atoms with van der Waals surface area (Å²) in [5.74, 6) is 0.985. The van der Waals surface area contributed by atoms with Crippen LogP contribution in [-0.4, -0.2) is 0 Å². The van der Waals surface area contributed by atoms with Crippen LogP contribution in [0.15, 0.2) is 89.9 Å². The fraction of sp³-hybridized carbons (Fsp3) is 0.111. The Balaban J connectivity index is 1.90. The Morgan fingerprint density at radius 2 is 1.64 bits per heavy atom. The Hall–Kier alpha value is -3.32. The van der Waals surface area contributed by atoms with Crippen LogP contribution in [0.5, 0.6) is 0 Å². The number of hydrogen-bond acceptors (Lipinski definition) is 1. The van der Waals surface area contributed by atoms with Crippen molar-refractivity contribution >= 4 is 17.0 Å². The van der Waals surface area contributed by atoms with Gasteiger partial charge in [-0.15, -0.1) is 0 Å². The summed E-state index contributed by atoms with van der Waals surface area (Å²) in [6, 6.07) is 23.5. The first-order chi connectivity index (χ1) is 13.7. The van der Waals surface area contributed by atoms with E-state index in [1.54, 1.807) is 6.08 Å². The molecule has 0 radical (unpaired) electrons. The number of allylic oxidation sites excluding steroid dienone is 2. The fourth-order valence-electron chi connectivity index (χ4n) is 3.71. The van der Waals surface area contributed by atoms with E-state index >= 15 is 0 Å². The van der Waals surface area contributed by atoms with E-state index in [1.165, 1.54) is 22.3 Å². The van der Waals surface area contributed by atoms with Gasteiger partial charge in [0.2, 0.25) is 0 Å². The van der Waals surface area contributed by atoms with E-state index in [-0.39, 0.29) is 0 Å². The minimum absolute atomic E-state index is 0.764. The number of para-hydroxylation sites is 1. The summed E-state index contributed by atoms with van der Waals surface area (Å²) >= 11 is 0. The van der Waals surface area contributed by atoms with Gasteiger partial charge in [0.25, 0.3) is 0 Å². The van der Waals surface area contributed by atoms with Crippen molar-refractivity contribution in [3.8, 4) is 11.1 Å². The van der Waals surface area contributed by atoms with Crippen LogP contribution in [-0.2, 0) is 6.42 Å². The smallest absolute Gasteiger partial charge is 0.142 e. The number of aryl methyl sites for hydroxylation is 2. The van der Waals surface area contributed by atoms with Crippen molar-refractivity contribution in [3.05, 3.63) is 113 Å². The number of furan rings is 1. The molecule has 0 aliphatic carbocycles. The molecule has 0 aliphatic heterocycles. The maximum atomic E-state index is 6.48. The van der Waals surface area contributed by atoms with Gasteiger partial charge in [0.05, 0.1) is 0 Å². The van der Waals surface area contributed by atoms with Crippen LogP contribution in [0, 0.1) is 13.8 Å². The first-order valence-corrected chi connectivity index (χ1v) is 9.62. The molecule has 0 atom stereocenters. The molecule has 0 bridgehead atoms. The largest absolute Gasteiger partial charge is 0.459 e. The zero-order valence-corrected chi connectivity index (χ0v) is 16.4. The molecule has 4 aromatic rings.